The van der Waals surface area contributed by atoms with E-state index in [-0.39, 0.29) is 18.0 Å². The molecule has 8 heteroatoms. The topological polar surface area (TPSA) is 123 Å². The highest BCUT2D eigenvalue weighted by atomic mass is 16.3. The molecule has 0 radical (unpaired) electrons. The van der Waals surface area contributed by atoms with Crippen LogP contribution in [-0.2, 0) is 26.1 Å². The molecule has 33 heavy (non-hydrogen) atoms. The normalized spacial score (nSPS) is 13.0. The summed E-state index contributed by atoms with van der Waals surface area (Å²) in [6.45, 7) is 4.00. The zero-order valence-electron chi connectivity index (χ0n) is 18.5. The third-order valence-electron chi connectivity index (χ3n) is 6.35. The summed E-state index contributed by atoms with van der Waals surface area (Å²) < 4.78 is 2.01. The van der Waals surface area contributed by atoms with Gasteiger partial charge in [-0.1, -0.05) is 12.1 Å². The molecule has 168 valence electrons. The second-order valence-corrected chi connectivity index (χ2v) is 8.31. The van der Waals surface area contributed by atoms with E-state index in [0.717, 1.165) is 35.2 Å². The number of benzene rings is 2. The molecule has 0 atom stereocenters. The Morgan fingerprint density at radius 3 is 2.64 bits per heavy atom. The number of aryl methyl sites for hydroxylation is 1. The lowest BCUT2D eigenvalue weighted by molar-refractivity contribution is 0.280. The first-order valence-electron chi connectivity index (χ1n) is 11.0. The molecule has 1 aliphatic heterocycles. The summed E-state index contributed by atoms with van der Waals surface area (Å²) in [7, 11) is 0. The van der Waals surface area contributed by atoms with Gasteiger partial charge >= 0.3 is 0 Å². The smallest absolute Gasteiger partial charge is 0.221 e. The Bertz CT molecular complexity index is 1430. The standard InChI is InChI=1S/C25H26N6O2/c1-2-30-13-19(14-32)23(33)20-5-3-16(10-22(20)30)15-4-6-21-17(9-15)7-8-31(21)12-18-11-28-25(27)29-24(18)26/h3-6,9-11,13,32H,2,7-8,12,14H2,1H3,(H4,26,27,28,29). The van der Waals surface area contributed by atoms with Gasteiger partial charge in [0.05, 0.1) is 12.1 Å². The maximum atomic E-state index is 12.7. The number of anilines is 3. The molecule has 5 N–H and O–H groups in total. The van der Waals surface area contributed by atoms with Gasteiger partial charge < -0.3 is 26.0 Å². The zero-order chi connectivity index (χ0) is 23.1. The molecule has 8 nitrogen and oxygen atoms in total. The van der Waals surface area contributed by atoms with Crippen LogP contribution in [0.15, 0.2) is 53.6 Å². The van der Waals surface area contributed by atoms with Crippen molar-refractivity contribution >= 4 is 28.4 Å². The van der Waals surface area contributed by atoms with Crippen molar-refractivity contribution in [1.29, 1.82) is 0 Å². The molecule has 1 aliphatic rings. The Labute approximate surface area is 191 Å². The number of fused-ring (bicyclic) bond motifs is 2. The largest absolute Gasteiger partial charge is 0.391 e. The highest BCUT2D eigenvalue weighted by Gasteiger charge is 2.21. The van der Waals surface area contributed by atoms with Gasteiger partial charge in [0.25, 0.3) is 0 Å². The quantitative estimate of drug-likeness (QED) is 0.434. The van der Waals surface area contributed by atoms with Crippen molar-refractivity contribution in [2.45, 2.75) is 33.0 Å². The first-order chi connectivity index (χ1) is 16.0. The SMILES string of the molecule is CCn1cc(CO)c(=O)c2ccc(-c3ccc4c(c3)CCN4Cc3cnc(N)nc3N)cc21. The van der Waals surface area contributed by atoms with Gasteiger partial charge in [0.2, 0.25) is 5.95 Å². The van der Waals surface area contributed by atoms with Gasteiger partial charge in [0.1, 0.15) is 5.82 Å². The predicted octanol–water partition coefficient (Wildman–Crippen LogP) is 2.70. The monoisotopic (exact) mass is 442 g/mol. The lowest BCUT2D eigenvalue weighted by atomic mass is 9.99. The van der Waals surface area contributed by atoms with Crippen LogP contribution in [0, 0.1) is 0 Å². The Kier molecular flexibility index (Phi) is 5.22. The Morgan fingerprint density at radius 2 is 1.88 bits per heavy atom. The maximum absolute atomic E-state index is 12.7. The van der Waals surface area contributed by atoms with E-state index in [9.17, 15) is 9.90 Å². The molecule has 3 heterocycles. The second-order valence-electron chi connectivity index (χ2n) is 8.31. The van der Waals surface area contributed by atoms with Gasteiger partial charge in [0, 0.05) is 54.2 Å². The van der Waals surface area contributed by atoms with Gasteiger partial charge in [-0.15, -0.1) is 0 Å². The number of pyridine rings is 1. The van der Waals surface area contributed by atoms with E-state index in [1.165, 1.54) is 11.3 Å². The molecular formula is C25H26N6O2. The Morgan fingerprint density at radius 1 is 1.09 bits per heavy atom. The average molecular weight is 443 g/mol. The number of nitrogens with zero attached hydrogens (tertiary/aromatic N) is 4. The van der Waals surface area contributed by atoms with E-state index in [1.54, 1.807) is 12.4 Å². The van der Waals surface area contributed by atoms with Crippen LogP contribution in [-0.4, -0.2) is 26.2 Å². The van der Waals surface area contributed by atoms with Crippen molar-refractivity contribution in [3.05, 3.63) is 75.7 Å². The molecule has 2 aromatic carbocycles. The van der Waals surface area contributed by atoms with Crippen LogP contribution in [0.2, 0.25) is 0 Å². The number of rotatable bonds is 5. The minimum absolute atomic E-state index is 0.112. The van der Waals surface area contributed by atoms with Crippen LogP contribution < -0.4 is 21.8 Å². The Hall–Kier alpha value is -3.91. The van der Waals surface area contributed by atoms with Crippen molar-refractivity contribution < 1.29 is 5.11 Å². The fraction of sp³-hybridized carbons (Fsp3) is 0.240. The minimum atomic E-state index is -0.258. The summed E-state index contributed by atoms with van der Waals surface area (Å²) in [6.07, 6.45) is 4.38. The number of nitrogen functional groups attached to an aromatic ring is 2. The number of aliphatic hydroxyl groups excluding tert-OH is 1. The summed E-state index contributed by atoms with van der Waals surface area (Å²) in [6, 6.07) is 12.4. The molecule has 0 bridgehead atoms. The molecule has 5 rings (SSSR count). The third-order valence-corrected chi connectivity index (χ3v) is 6.35. The van der Waals surface area contributed by atoms with E-state index < -0.39 is 0 Å². The molecular weight excluding hydrogens is 416 g/mol. The lowest BCUT2D eigenvalue weighted by Crippen LogP contribution is -2.21. The first-order valence-corrected chi connectivity index (χ1v) is 11.0. The first kappa shape index (κ1) is 21.0. The van der Waals surface area contributed by atoms with E-state index in [4.69, 9.17) is 11.5 Å². The van der Waals surface area contributed by atoms with Crippen molar-refractivity contribution in [3.63, 3.8) is 0 Å². The molecule has 0 fully saturated rings. The summed E-state index contributed by atoms with van der Waals surface area (Å²) in [5.74, 6) is 0.592. The van der Waals surface area contributed by atoms with Crippen LogP contribution in [0.1, 0.15) is 23.6 Å². The fourth-order valence-electron chi connectivity index (χ4n) is 4.58. The minimum Gasteiger partial charge on any atom is -0.391 e. The molecule has 0 unspecified atom stereocenters. The Balaban J connectivity index is 1.49. The van der Waals surface area contributed by atoms with Crippen molar-refractivity contribution in [3.8, 4) is 11.1 Å². The molecule has 2 aromatic heterocycles. The van der Waals surface area contributed by atoms with Crippen LogP contribution >= 0.6 is 0 Å². The summed E-state index contributed by atoms with van der Waals surface area (Å²) in [5.41, 5.74) is 18.3. The molecule has 4 aromatic rings. The molecule has 0 saturated heterocycles. The number of aromatic nitrogens is 3. The molecule has 0 aliphatic carbocycles. The summed E-state index contributed by atoms with van der Waals surface area (Å²) >= 11 is 0. The van der Waals surface area contributed by atoms with Gasteiger partial charge in [0.15, 0.2) is 5.43 Å². The highest BCUT2D eigenvalue weighted by Crippen LogP contribution is 2.34. The summed E-state index contributed by atoms with van der Waals surface area (Å²) in [5, 5.41) is 10.2. The van der Waals surface area contributed by atoms with E-state index in [1.807, 2.05) is 23.6 Å². The van der Waals surface area contributed by atoms with Gasteiger partial charge in [-0.25, -0.2) is 4.98 Å². The van der Waals surface area contributed by atoms with E-state index in [2.05, 4.69) is 39.1 Å². The third kappa shape index (κ3) is 3.68. The van der Waals surface area contributed by atoms with Crippen molar-refractivity contribution in [2.24, 2.45) is 0 Å². The summed E-state index contributed by atoms with van der Waals surface area (Å²) in [4.78, 5) is 23.1. The molecule has 0 saturated carbocycles. The second kappa shape index (κ2) is 8.22. The van der Waals surface area contributed by atoms with E-state index >= 15 is 0 Å². The average Bonchev–Trinajstić information content (AvgIpc) is 3.23. The maximum Gasteiger partial charge on any atom is 0.221 e. The van der Waals surface area contributed by atoms with Gasteiger partial charge in [-0.05, 0) is 54.3 Å². The lowest BCUT2D eigenvalue weighted by Gasteiger charge is -2.20. The zero-order valence-corrected chi connectivity index (χ0v) is 18.5. The molecule has 0 amide bonds. The fourth-order valence-corrected chi connectivity index (χ4v) is 4.58. The van der Waals surface area contributed by atoms with Crippen molar-refractivity contribution in [1.82, 2.24) is 14.5 Å². The van der Waals surface area contributed by atoms with Crippen LogP contribution in [0.25, 0.3) is 22.0 Å². The van der Waals surface area contributed by atoms with E-state index in [0.29, 0.717) is 29.9 Å². The van der Waals surface area contributed by atoms with Crippen LogP contribution in [0.4, 0.5) is 17.5 Å². The van der Waals surface area contributed by atoms with Crippen molar-refractivity contribution in [2.75, 3.05) is 22.9 Å². The highest BCUT2D eigenvalue weighted by molar-refractivity contribution is 5.85. The number of aliphatic hydroxyl groups is 1. The van der Waals surface area contributed by atoms with Gasteiger partial charge in [-0.2, -0.15) is 4.98 Å². The number of hydrogen-bond donors (Lipinski definition) is 3. The number of hydrogen-bond acceptors (Lipinski definition) is 7. The number of nitrogens with two attached hydrogens (primary N) is 2. The van der Waals surface area contributed by atoms with Crippen LogP contribution in [0.5, 0.6) is 0 Å². The predicted molar refractivity (Wildman–Crippen MR) is 131 cm³/mol. The van der Waals surface area contributed by atoms with Crippen LogP contribution in [0.3, 0.4) is 0 Å². The van der Waals surface area contributed by atoms with Gasteiger partial charge in [-0.3, -0.25) is 4.79 Å². The molecule has 0 spiro atoms.